The van der Waals surface area contributed by atoms with Crippen molar-refractivity contribution in [2.75, 3.05) is 4.90 Å². The van der Waals surface area contributed by atoms with E-state index in [4.69, 9.17) is 8.83 Å². The van der Waals surface area contributed by atoms with Gasteiger partial charge < -0.3 is 13.7 Å². The van der Waals surface area contributed by atoms with E-state index in [9.17, 15) is 0 Å². The molecule has 0 fully saturated rings. The smallest absolute Gasteiger partial charge is 0.137 e. The zero-order valence-electron chi connectivity index (χ0n) is 27.7. The molecule has 3 nitrogen and oxygen atoms in total. The van der Waals surface area contributed by atoms with Gasteiger partial charge in [0.25, 0.3) is 0 Å². The Morgan fingerprint density at radius 3 is 1.73 bits per heavy atom. The molecule has 0 aliphatic rings. The van der Waals surface area contributed by atoms with E-state index >= 15 is 0 Å². The fraction of sp³-hybridized carbons (Fsp3) is 0. The van der Waals surface area contributed by atoms with Gasteiger partial charge in [0.2, 0.25) is 0 Å². The van der Waals surface area contributed by atoms with Gasteiger partial charge in [-0.15, -0.1) is 0 Å². The van der Waals surface area contributed by atoms with Gasteiger partial charge in [-0.25, -0.2) is 0 Å². The minimum absolute atomic E-state index is 0.858. The van der Waals surface area contributed by atoms with Crippen LogP contribution in [0, 0.1) is 0 Å². The highest BCUT2D eigenvalue weighted by Gasteiger charge is 2.22. The molecule has 0 unspecified atom stereocenters. The molecule has 3 heteroatoms. The molecule has 0 radical (unpaired) electrons. The number of fused-ring (bicyclic) bond motifs is 6. The molecule has 0 saturated heterocycles. The van der Waals surface area contributed by atoms with Crippen LogP contribution >= 0.6 is 0 Å². The summed E-state index contributed by atoms with van der Waals surface area (Å²) in [5, 5.41) is 4.41. The van der Waals surface area contributed by atoms with Crippen molar-refractivity contribution in [1.82, 2.24) is 0 Å². The third-order valence-electron chi connectivity index (χ3n) is 9.88. The lowest BCUT2D eigenvalue weighted by Gasteiger charge is -2.29. The third-order valence-corrected chi connectivity index (χ3v) is 9.88. The van der Waals surface area contributed by atoms with Gasteiger partial charge in [-0.3, -0.25) is 0 Å². The summed E-state index contributed by atoms with van der Waals surface area (Å²) in [5.41, 5.74) is 13.6. The Hall–Kier alpha value is -6.84. The van der Waals surface area contributed by atoms with E-state index in [1.54, 1.807) is 0 Å². The molecule has 10 rings (SSSR count). The van der Waals surface area contributed by atoms with Crippen LogP contribution in [0.2, 0.25) is 0 Å². The fourth-order valence-corrected chi connectivity index (χ4v) is 7.47. The van der Waals surface area contributed by atoms with Gasteiger partial charge in [0, 0.05) is 27.4 Å². The molecule has 8 aromatic carbocycles. The number of rotatable bonds is 6. The number of nitrogens with zero attached hydrogens (tertiary/aromatic N) is 1. The Labute approximate surface area is 295 Å². The number of anilines is 3. The highest BCUT2D eigenvalue weighted by Crippen LogP contribution is 2.46. The van der Waals surface area contributed by atoms with Crippen molar-refractivity contribution in [2.45, 2.75) is 0 Å². The lowest BCUT2D eigenvalue weighted by atomic mass is 9.97. The van der Waals surface area contributed by atoms with Gasteiger partial charge in [0.05, 0.1) is 16.8 Å². The average Bonchev–Trinajstić information content (AvgIpc) is 3.77. The van der Waals surface area contributed by atoms with E-state index < -0.39 is 0 Å². The Balaban J connectivity index is 1.17. The molecule has 2 aromatic heterocycles. The van der Waals surface area contributed by atoms with Crippen LogP contribution in [0.4, 0.5) is 17.1 Å². The van der Waals surface area contributed by atoms with Gasteiger partial charge in [-0.2, -0.15) is 0 Å². The number of furan rings is 2. The first-order valence-electron chi connectivity index (χ1n) is 17.3. The van der Waals surface area contributed by atoms with Gasteiger partial charge in [-0.05, 0) is 82.4 Å². The van der Waals surface area contributed by atoms with Crippen LogP contribution in [-0.4, -0.2) is 0 Å². The van der Waals surface area contributed by atoms with Crippen molar-refractivity contribution >= 4 is 60.9 Å². The van der Waals surface area contributed by atoms with E-state index in [-0.39, 0.29) is 0 Å². The van der Waals surface area contributed by atoms with Crippen molar-refractivity contribution in [2.24, 2.45) is 0 Å². The number of hydrogen-bond acceptors (Lipinski definition) is 3. The third kappa shape index (κ3) is 4.98. The molecule has 0 N–H and O–H groups in total. The van der Waals surface area contributed by atoms with Crippen molar-refractivity contribution in [3.8, 4) is 33.4 Å². The van der Waals surface area contributed by atoms with Gasteiger partial charge in [0.1, 0.15) is 22.3 Å². The maximum atomic E-state index is 6.41. The average molecular weight is 654 g/mol. The maximum absolute atomic E-state index is 6.41. The first kappa shape index (κ1) is 29.1. The summed E-state index contributed by atoms with van der Waals surface area (Å²) in [7, 11) is 0. The fourth-order valence-electron chi connectivity index (χ4n) is 7.47. The summed E-state index contributed by atoms with van der Waals surface area (Å²) in [5.74, 6) is 0. The van der Waals surface area contributed by atoms with Crippen LogP contribution in [0.25, 0.3) is 77.3 Å². The number of benzene rings is 8. The predicted molar refractivity (Wildman–Crippen MR) is 212 cm³/mol. The number of para-hydroxylation sites is 3. The standard InChI is InChI=1S/C48H31NO2/c1-2-12-32(13-3-1)33-24-26-34(27-25-33)38-16-4-7-19-42(38)49(43-20-11-23-47-48(43)40-18-6-9-22-45(40)51-47)37-15-10-14-35(30-37)36-28-29-46-41(31-36)39-17-5-8-21-44(39)50-46/h1-31H. The first-order valence-corrected chi connectivity index (χ1v) is 17.3. The lowest BCUT2D eigenvalue weighted by Crippen LogP contribution is -2.11. The van der Waals surface area contributed by atoms with Crippen LogP contribution < -0.4 is 4.90 Å². The molecule has 2 heterocycles. The molecule has 0 atom stereocenters. The second-order valence-electron chi connectivity index (χ2n) is 12.9. The summed E-state index contributed by atoms with van der Waals surface area (Å²) in [6, 6.07) is 66.3. The topological polar surface area (TPSA) is 29.5 Å². The Morgan fingerprint density at radius 1 is 0.314 bits per heavy atom. The van der Waals surface area contributed by atoms with Crippen LogP contribution in [0.15, 0.2) is 197 Å². The van der Waals surface area contributed by atoms with Crippen LogP contribution in [-0.2, 0) is 0 Å². The molecule has 0 aliphatic carbocycles. The normalized spacial score (nSPS) is 11.5. The van der Waals surface area contributed by atoms with Crippen LogP contribution in [0.1, 0.15) is 0 Å². The second-order valence-corrected chi connectivity index (χ2v) is 12.9. The Kier molecular flexibility index (Phi) is 6.81. The van der Waals surface area contributed by atoms with Gasteiger partial charge >= 0.3 is 0 Å². The molecular formula is C48H31NO2. The van der Waals surface area contributed by atoms with E-state index in [0.29, 0.717) is 0 Å². The first-order chi connectivity index (χ1) is 25.3. The minimum atomic E-state index is 0.858. The quantitative estimate of drug-likeness (QED) is 0.179. The molecule has 51 heavy (non-hydrogen) atoms. The Bertz CT molecular complexity index is 2860. The highest BCUT2D eigenvalue weighted by atomic mass is 16.3. The number of hydrogen-bond donors (Lipinski definition) is 0. The van der Waals surface area contributed by atoms with Crippen molar-refractivity contribution < 1.29 is 8.83 Å². The summed E-state index contributed by atoms with van der Waals surface area (Å²) in [4.78, 5) is 2.39. The van der Waals surface area contributed by atoms with E-state index in [1.165, 1.54) is 11.1 Å². The van der Waals surface area contributed by atoms with Crippen LogP contribution in [0.3, 0.4) is 0 Å². The van der Waals surface area contributed by atoms with E-state index in [1.807, 2.05) is 24.3 Å². The maximum Gasteiger partial charge on any atom is 0.137 e. The zero-order valence-corrected chi connectivity index (χ0v) is 27.7. The van der Waals surface area contributed by atoms with Gasteiger partial charge in [-0.1, -0.05) is 133 Å². The molecule has 0 saturated carbocycles. The van der Waals surface area contributed by atoms with E-state index in [2.05, 4.69) is 169 Å². The van der Waals surface area contributed by atoms with E-state index in [0.717, 1.165) is 83.2 Å². The summed E-state index contributed by atoms with van der Waals surface area (Å²) in [6.45, 7) is 0. The molecule has 240 valence electrons. The largest absolute Gasteiger partial charge is 0.456 e. The Morgan fingerprint density at radius 2 is 0.863 bits per heavy atom. The van der Waals surface area contributed by atoms with Crippen molar-refractivity contribution in [1.29, 1.82) is 0 Å². The SMILES string of the molecule is c1ccc(-c2ccc(-c3ccccc3N(c3cccc(-c4ccc5oc6ccccc6c5c4)c3)c3cccc4oc5ccccc5c34)cc2)cc1. The molecular weight excluding hydrogens is 623 g/mol. The second kappa shape index (κ2) is 11.9. The predicted octanol–water partition coefficient (Wildman–Crippen LogP) is 14.0. The summed E-state index contributed by atoms with van der Waals surface area (Å²) < 4.78 is 12.6. The minimum Gasteiger partial charge on any atom is -0.456 e. The molecule has 0 aliphatic heterocycles. The summed E-state index contributed by atoms with van der Waals surface area (Å²) in [6.07, 6.45) is 0. The van der Waals surface area contributed by atoms with Crippen molar-refractivity contribution in [3.05, 3.63) is 188 Å². The molecule has 0 bridgehead atoms. The van der Waals surface area contributed by atoms with Gasteiger partial charge in [0.15, 0.2) is 0 Å². The van der Waals surface area contributed by atoms with Crippen molar-refractivity contribution in [3.63, 3.8) is 0 Å². The molecule has 0 amide bonds. The summed E-state index contributed by atoms with van der Waals surface area (Å²) >= 11 is 0. The molecule has 10 aromatic rings. The molecule has 0 spiro atoms. The monoisotopic (exact) mass is 653 g/mol. The lowest BCUT2D eigenvalue weighted by molar-refractivity contribution is 0.668. The van der Waals surface area contributed by atoms with Crippen LogP contribution in [0.5, 0.6) is 0 Å². The zero-order chi connectivity index (χ0) is 33.7. The highest BCUT2D eigenvalue weighted by molar-refractivity contribution is 6.14.